The van der Waals surface area contributed by atoms with Gasteiger partial charge in [-0.1, -0.05) is 11.6 Å². The fourth-order valence-corrected chi connectivity index (χ4v) is 0.905. The van der Waals surface area contributed by atoms with Gasteiger partial charge in [-0.05, 0) is 24.3 Å². The van der Waals surface area contributed by atoms with Crippen molar-refractivity contribution in [1.29, 1.82) is 0 Å². The number of carbonyl (C=O) groups excluding carboxylic acids is 1. The fourth-order valence-electron chi connectivity index (χ4n) is 0.779. The first-order chi connectivity index (χ1) is 5.61. The Morgan fingerprint density at radius 2 is 1.92 bits per heavy atom. The summed E-state index contributed by atoms with van der Waals surface area (Å²) in [7, 11) is 1.27. The molecular formula is C8H8ClNO2. The van der Waals surface area contributed by atoms with Gasteiger partial charge < -0.3 is 0 Å². The van der Waals surface area contributed by atoms with Gasteiger partial charge in [0.15, 0.2) is 0 Å². The summed E-state index contributed by atoms with van der Waals surface area (Å²) < 4.78 is 0. The molecule has 1 N–H and O–H groups in total. The van der Waals surface area contributed by atoms with Crippen LogP contribution in [0.1, 0.15) is 10.4 Å². The van der Waals surface area contributed by atoms with Crippen molar-refractivity contribution in [3.63, 3.8) is 0 Å². The predicted octanol–water partition coefficient (Wildman–Crippen LogP) is 1.80. The monoisotopic (exact) mass is 185 g/mol. The van der Waals surface area contributed by atoms with E-state index in [0.29, 0.717) is 15.6 Å². The van der Waals surface area contributed by atoms with Gasteiger partial charge in [-0.25, -0.2) is 5.06 Å². The van der Waals surface area contributed by atoms with E-state index < -0.39 is 5.91 Å². The highest BCUT2D eigenvalue weighted by atomic mass is 35.5. The number of rotatable bonds is 1. The Bertz CT molecular complexity index is 282. The number of carbonyl (C=O) groups is 1. The van der Waals surface area contributed by atoms with Crippen LogP contribution >= 0.6 is 11.6 Å². The smallest absolute Gasteiger partial charge is 0.276 e. The molecule has 0 bridgehead atoms. The number of halogens is 1. The third-order valence-corrected chi connectivity index (χ3v) is 1.64. The van der Waals surface area contributed by atoms with Crippen LogP contribution in [0.4, 0.5) is 0 Å². The SMILES string of the molecule is CN(O)C(=O)c1ccc(Cl)cc1. The topological polar surface area (TPSA) is 40.5 Å². The quantitative estimate of drug-likeness (QED) is 0.536. The zero-order valence-corrected chi connectivity index (χ0v) is 7.25. The summed E-state index contributed by atoms with van der Waals surface area (Å²) in [5.74, 6) is -0.452. The molecule has 0 spiro atoms. The normalized spacial score (nSPS) is 9.58. The van der Waals surface area contributed by atoms with Gasteiger partial charge in [0, 0.05) is 17.6 Å². The molecule has 1 amide bonds. The molecule has 0 atom stereocenters. The van der Waals surface area contributed by atoms with E-state index in [4.69, 9.17) is 16.8 Å². The summed E-state index contributed by atoms with van der Waals surface area (Å²) in [5, 5.41) is 9.89. The standard InChI is InChI=1S/C8H8ClNO2/c1-10(12)8(11)6-2-4-7(9)5-3-6/h2-5,12H,1H3. The van der Waals surface area contributed by atoms with Crippen LogP contribution in [0.3, 0.4) is 0 Å². The second-order valence-electron chi connectivity index (χ2n) is 2.34. The maximum absolute atomic E-state index is 11.1. The van der Waals surface area contributed by atoms with E-state index in [1.54, 1.807) is 24.3 Å². The molecule has 0 saturated carbocycles. The fraction of sp³-hybridized carbons (Fsp3) is 0.125. The van der Waals surface area contributed by atoms with Crippen LogP contribution in [0, 0.1) is 0 Å². The van der Waals surface area contributed by atoms with Crippen molar-refractivity contribution in [3.05, 3.63) is 34.9 Å². The summed E-state index contributed by atoms with van der Waals surface area (Å²) in [4.78, 5) is 11.1. The van der Waals surface area contributed by atoms with Gasteiger partial charge in [0.05, 0.1) is 0 Å². The molecule has 0 aromatic heterocycles. The Morgan fingerprint density at radius 3 is 2.33 bits per heavy atom. The Hall–Kier alpha value is -1.06. The number of amides is 1. The third-order valence-electron chi connectivity index (χ3n) is 1.39. The van der Waals surface area contributed by atoms with E-state index in [-0.39, 0.29) is 0 Å². The van der Waals surface area contributed by atoms with Gasteiger partial charge in [-0.3, -0.25) is 10.0 Å². The molecule has 0 radical (unpaired) electrons. The van der Waals surface area contributed by atoms with Crippen molar-refractivity contribution in [2.24, 2.45) is 0 Å². The first kappa shape index (κ1) is 9.03. The third kappa shape index (κ3) is 1.96. The Morgan fingerprint density at radius 1 is 1.42 bits per heavy atom. The van der Waals surface area contributed by atoms with E-state index in [1.165, 1.54) is 7.05 Å². The van der Waals surface area contributed by atoms with Gasteiger partial charge in [-0.2, -0.15) is 0 Å². The molecule has 4 heteroatoms. The average Bonchev–Trinajstić information content (AvgIpc) is 2.04. The van der Waals surface area contributed by atoms with Gasteiger partial charge in [0.2, 0.25) is 0 Å². The zero-order valence-electron chi connectivity index (χ0n) is 6.49. The molecule has 1 rings (SSSR count). The lowest BCUT2D eigenvalue weighted by Crippen LogP contribution is -2.22. The van der Waals surface area contributed by atoms with Crippen LogP contribution < -0.4 is 0 Å². The number of benzene rings is 1. The van der Waals surface area contributed by atoms with Crippen molar-refractivity contribution in [2.75, 3.05) is 7.05 Å². The van der Waals surface area contributed by atoms with Gasteiger partial charge in [0.25, 0.3) is 5.91 Å². The number of hydrogen-bond donors (Lipinski definition) is 1. The highest BCUT2D eigenvalue weighted by molar-refractivity contribution is 6.30. The minimum absolute atomic E-state index is 0.407. The average molecular weight is 186 g/mol. The first-order valence-corrected chi connectivity index (χ1v) is 3.71. The lowest BCUT2D eigenvalue weighted by Gasteiger charge is -2.07. The molecule has 0 fully saturated rings. The van der Waals surface area contributed by atoms with Crippen LogP contribution in [0.2, 0.25) is 5.02 Å². The van der Waals surface area contributed by atoms with Crippen LogP contribution in [0.25, 0.3) is 0 Å². The second kappa shape index (κ2) is 3.56. The maximum Gasteiger partial charge on any atom is 0.276 e. The zero-order chi connectivity index (χ0) is 9.14. The summed E-state index contributed by atoms with van der Waals surface area (Å²) >= 11 is 5.61. The van der Waals surface area contributed by atoms with Crippen LogP contribution in [0.15, 0.2) is 24.3 Å². The minimum Gasteiger partial charge on any atom is -0.286 e. The highest BCUT2D eigenvalue weighted by Crippen LogP contribution is 2.10. The van der Waals surface area contributed by atoms with E-state index in [0.717, 1.165) is 0 Å². The molecular weight excluding hydrogens is 178 g/mol. The molecule has 0 aliphatic heterocycles. The van der Waals surface area contributed by atoms with Gasteiger partial charge in [-0.15, -0.1) is 0 Å². The number of nitrogens with zero attached hydrogens (tertiary/aromatic N) is 1. The Labute approximate surface area is 75.1 Å². The molecule has 0 unspecified atom stereocenters. The highest BCUT2D eigenvalue weighted by Gasteiger charge is 2.07. The Balaban J connectivity index is 2.90. The molecule has 0 aliphatic rings. The lowest BCUT2D eigenvalue weighted by atomic mass is 10.2. The van der Waals surface area contributed by atoms with Crippen molar-refractivity contribution in [1.82, 2.24) is 5.06 Å². The second-order valence-corrected chi connectivity index (χ2v) is 2.77. The van der Waals surface area contributed by atoms with E-state index in [9.17, 15) is 4.79 Å². The van der Waals surface area contributed by atoms with Crippen molar-refractivity contribution >= 4 is 17.5 Å². The van der Waals surface area contributed by atoms with Gasteiger partial charge >= 0.3 is 0 Å². The first-order valence-electron chi connectivity index (χ1n) is 3.34. The predicted molar refractivity (Wildman–Crippen MR) is 45.3 cm³/mol. The summed E-state index contributed by atoms with van der Waals surface area (Å²) in [6, 6.07) is 6.30. The van der Waals surface area contributed by atoms with Crippen molar-refractivity contribution in [2.45, 2.75) is 0 Å². The summed E-state index contributed by atoms with van der Waals surface area (Å²) in [6.07, 6.45) is 0. The molecule has 64 valence electrons. The molecule has 0 saturated heterocycles. The van der Waals surface area contributed by atoms with Crippen LogP contribution in [-0.2, 0) is 0 Å². The van der Waals surface area contributed by atoms with E-state index in [1.807, 2.05) is 0 Å². The van der Waals surface area contributed by atoms with Crippen molar-refractivity contribution < 1.29 is 10.0 Å². The maximum atomic E-state index is 11.1. The Kier molecular flexibility index (Phi) is 2.68. The molecule has 1 aromatic rings. The summed E-state index contributed by atoms with van der Waals surface area (Å²) in [5.41, 5.74) is 0.407. The molecule has 0 aliphatic carbocycles. The minimum atomic E-state index is -0.452. The van der Waals surface area contributed by atoms with Crippen molar-refractivity contribution in [3.8, 4) is 0 Å². The van der Waals surface area contributed by atoms with E-state index >= 15 is 0 Å². The van der Waals surface area contributed by atoms with E-state index in [2.05, 4.69) is 0 Å². The van der Waals surface area contributed by atoms with Crippen LogP contribution in [0.5, 0.6) is 0 Å². The number of hydroxylamine groups is 2. The van der Waals surface area contributed by atoms with Crippen LogP contribution in [-0.4, -0.2) is 23.2 Å². The number of hydrogen-bond acceptors (Lipinski definition) is 2. The van der Waals surface area contributed by atoms with Gasteiger partial charge in [0.1, 0.15) is 0 Å². The molecule has 3 nitrogen and oxygen atoms in total. The summed E-state index contributed by atoms with van der Waals surface area (Å²) in [6.45, 7) is 0. The largest absolute Gasteiger partial charge is 0.286 e. The molecule has 1 aromatic carbocycles. The molecule has 12 heavy (non-hydrogen) atoms. The lowest BCUT2D eigenvalue weighted by molar-refractivity contribution is -0.0374. The molecule has 0 heterocycles.